The maximum Gasteiger partial charge on any atom is 0.322 e. The molecule has 1 aromatic carbocycles. The number of rotatable bonds is 5. The highest BCUT2D eigenvalue weighted by Gasteiger charge is 2.43. The number of benzene rings is 1. The van der Waals surface area contributed by atoms with Gasteiger partial charge in [0.15, 0.2) is 0 Å². The second-order valence-corrected chi connectivity index (χ2v) is 6.80. The summed E-state index contributed by atoms with van der Waals surface area (Å²) in [6.45, 7) is 1.54. The van der Waals surface area contributed by atoms with Crippen LogP contribution in [0, 0.1) is 0 Å². The number of hydrogen-bond donors (Lipinski definition) is 1. The molecule has 0 aliphatic carbocycles. The van der Waals surface area contributed by atoms with E-state index in [-0.39, 0.29) is 11.9 Å². The van der Waals surface area contributed by atoms with Crippen molar-refractivity contribution >= 4 is 35.1 Å². The molecular weight excluding hydrogens is 365 g/mol. The van der Waals surface area contributed by atoms with E-state index >= 15 is 0 Å². The van der Waals surface area contributed by atoms with Crippen LogP contribution in [0.4, 0.5) is 4.79 Å². The fourth-order valence-corrected chi connectivity index (χ4v) is 3.60. The molecule has 0 saturated carbocycles. The summed E-state index contributed by atoms with van der Waals surface area (Å²) in [7, 11) is 3.29. The zero-order valence-corrected chi connectivity index (χ0v) is 15.5. The Bertz CT molecular complexity index is 751. The lowest BCUT2D eigenvalue weighted by molar-refractivity contribution is -0.125. The van der Waals surface area contributed by atoms with Crippen LogP contribution in [-0.4, -0.2) is 55.6 Å². The van der Waals surface area contributed by atoms with Crippen LogP contribution in [0.1, 0.15) is 18.0 Å². The topological polar surface area (TPSA) is 61.9 Å². The summed E-state index contributed by atoms with van der Waals surface area (Å²) >= 11 is 12.4. The molecule has 0 radical (unpaired) electrons. The van der Waals surface area contributed by atoms with Crippen molar-refractivity contribution in [3.8, 4) is 0 Å². The van der Waals surface area contributed by atoms with Crippen LogP contribution in [0.25, 0.3) is 0 Å². The number of nitrogens with zero attached hydrogens (tertiary/aromatic N) is 2. The summed E-state index contributed by atoms with van der Waals surface area (Å²) < 4.78 is 5.05. The first kappa shape index (κ1) is 18.0. The third-order valence-corrected chi connectivity index (χ3v) is 5.34. The summed E-state index contributed by atoms with van der Waals surface area (Å²) in [5.41, 5.74) is 1.87. The van der Waals surface area contributed by atoms with Gasteiger partial charge in [0.25, 0.3) is 5.91 Å². The number of amides is 3. The Balaban J connectivity index is 1.96. The Morgan fingerprint density at radius 2 is 2.08 bits per heavy atom. The van der Waals surface area contributed by atoms with Crippen LogP contribution >= 0.6 is 23.2 Å². The number of carbonyl (C=O) groups excluding carboxylic acids is 2. The molecule has 0 fully saturated rings. The van der Waals surface area contributed by atoms with Crippen molar-refractivity contribution in [1.82, 2.24) is 15.1 Å². The molecule has 0 unspecified atom stereocenters. The van der Waals surface area contributed by atoms with Gasteiger partial charge in [-0.25, -0.2) is 4.79 Å². The molecule has 3 amide bonds. The van der Waals surface area contributed by atoms with E-state index in [0.717, 1.165) is 6.42 Å². The van der Waals surface area contributed by atoms with Gasteiger partial charge in [0.1, 0.15) is 0 Å². The lowest BCUT2D eigenvalue weighted by Gasteiger charge is -2.31. The fraction of sp³-hybridized carbons (Fsp3) is 0.412. The molecule has 25 heavy (non-hydrogen) atoms. The van der Waals surface area contributed by atoms with E-state index in [4.69, 9.17) is 27.9 Å². The Kier molecular flexibility index (Phi) is 5.22. The number of halogens is 2. The highest BCUT2D eigenvalue weighted by molar-refractivity contribution is 6.42. The first-order chi connectivity index (χ1) is 12.0. The first-order valence-electron chi connectivity index (χ1n) is 7.95. The minimum atomic E-state index is -0.607. The maximum atomic E-state index is 12.9. The van der Waals surface area contributed by atoms with E-state index in [2.05, 4.69) is 5.32 Å². The molecule has 1 aromatic rings. The highest BCUT2D eigenvalue weighted by atomic mass is 35.5. The third-order valence-electron chi connectivity index (χ3n) is 4.50. The Hall–Kier alpha value is -1.76. The quantitative estimate of drug-likeness (QED) is 0.795. The van der Waals surface area contributed by atoms with E-state index in [1.807, 2.05) is 0 Å². The summed E-state index contributed by atoms with van der Waals surface area (Å²) in [6.07, 6.45) is 0.733. The largest absolute Gasteiger partial charge is 0.385 e. The van der Waals surface area contributed by atoms with Crippen molar-refractivity contribution < 1.29 is 14.3 Å². The van der Waals surface area contributed by atoms with E-state index in [9.17, 15) is 9.59 Å². The van der Waals surface area contributed by atoms with Crippen molar-refractivity contribution in [1.29, 1.82) is 0 Å². The maximum absolute atomic E-state index is 12.9. The van der Waals surface area contributed by atoms with Gasteiger partial charge in [-0.2, -0.15) is 0 Å². The smallest absolute Gasteiger partial charge is 0.322 e. The zero-order valence-electron chi connectivity index (χ0n) is 14.0. The second-order valence-electron chi connectivity index (χ2n) is 6.02. The molecular formula is C17H19Cl2N3O3. The Labute approximate surface area is 156 Å². The summed E-state index contributed by atoms with van der Waals surface area (Å²) in [5, 5.41) is 3.58. The molecule has 3 rings (SSSR count). The van der Waals surface area contributed by atoms with Gasteiger partial charge in [0.05, 0.1) is 33.9 Å². The van der Waals surface area contributed by atoms with Crippen LogP contribution in [-0.2, 0) is 9.53 Å². The first-order valence-corrected chi connectivity index (χ1v) is 8.70. The number of methoxy groups -OCH3 is 1. The van der Waals surface area contributed by atoms with E-state index < -0.39 is 6.04 Å². The lowest BCUT2D eigenvalue weighted by Crippen LogP contribution is -2.45. The molecule has 0 spiro atoms. The predicted molar refractivity (Wildman–Crippen MR) is 95.6 cm³/mol. The van der Waals surface area contributed by atoms with Crippen LogP contribution in [0.3, 0.4) is 0 Å². The molecule has 1 atom stereocenters. The predicted octanol–water partition coefficient (Wildman–Crippen LogP) is 2.82. The van der Waals surface area contributed by atoms with Crippen LogP contribution in [0.5, 0.6) is 0 Å². The average Bonchev–Trinajstić information content (AvgIpc) is 2.91. The Morgan fingerprint density at radius 1 is 1.32 bits per heavy atom. The molecule has 0 bridgehead atoms. The minimum Gasteiger partial charge on any atom is -0.385 e. The van der Waals surface area contributed by atoms with Crippen molar-refractivity contribution in [3.05, 3.63) is 45.1 Å². The Morgan fingerprint density at radius 3 is 2.80 bits per heavy atom. The van der Waals surface area contributed by atoms with Gasteiger partial charge in [-0.3, -0.25) is 9.69 Å². The lowest BCUT2D eigenvalue weighted by atomic mass is 9.95. The molecule has 6 nitrogen and oxygen atoms in total. The second kappa shape index (κ2) is 7.23. The summed E-state index contributed by atoms with van der Waals surface area (Å²) in [6, 6.07) is 4.32. The number of carbonyl (C=O) groups is 2. The molecule has 0 saturated heterocycles. The number of urea groups is 1. The summed E-state index contributed by atoms with van der Waals surface area (Å²) in [5.74, 6) is -0.0982. The molecule has 8 heteroatoms. The molecule has 134 valence electrons. The number of hydrogen-bond acceptors (Lipinski definition) is 3. The van der Waals surface area contributed by atoms with Crippen LogP contribution < -0.4 is 5.32 Å². The van der Waals surface area contributed by atoms with Gasteiger partial charge >= 0.3 is 6.03 Å². The fourth-order valence-electron chi connectivity index (χ4n) is 3.18. The third kappa shape index (κ3) is 3.21. The molecule has 0 aromatic heterocycles. The SMILES string of the molecule is COCCCN1CC2=C(C1=O)[C@@H](c1cccc(Cl)c1Cl)NC(=O)N2C. The van der Waals surface area contributed by atoms with Crippen LogP contribution in [0.15, 0.2) is 29.5 Å². The van der Waals surface area contributed by atoms with E-state index in [0.29, 0.717) is 46.6 Å². The van der Waals surface area contributed by atoms with Crippen molar-refractivity contribution in [2.75, 3.05) is 33.9 Å². The van der Waals surface area contributed by atoms with Crippen molar-refractivity contribution in [2.45, 2.75) is 12.5 Å². The molecule has 1 N–H and O–H groups in total. The van der Waals surface area contributed by atoms with Gasteiger partial charge in [0, 0.05) is 27.3 Å². The van der Waals surface area contributed by atoms with Gasteiger partial charge in [-0.05, 0) is 18.1 Å². The van der Waals surface area contributed by atoms with Crippen molar-refractivity contribution in [3.63, 3.8) is 0 Å². The van der Waals surface area contributed by atoms with E-state index in [1.54, 1.807) is 37.3 Å². The van der Waals surface area contributed by atoms with Gasteiger partial charge < -0.3 is 15.0 Å². The normalized spacial score (nSPS) is 20.2. The summed E-state index contributed by atoms with van der Waals surface area (Å²) in [4.78, 5) is 28.5. The average molecular weight is 384 g/mol. The minimum absolute atomic E-state index is 0.0982. The highest BCUT2D eigenvalue weighted by Crippen LogP contribution is 2.39. The van der Waals surface area contributed by atoms with E-state index in [1.165, 1.54) is 4.90 Å². The van der Waals surface area contributed by atoms with Gasteiger partial charge in [-0.15, -0.1) is 0 Å². The molecule has 2 heterocycles. The van der Waals surface area contributed by atoms with Crippen molar-refractivity contribution in [2.24, 2.45) is 0 Å². The number of likely N-dealkylation sites (N-methyl/N-ethyl adjacent to an activating group) is 1. The number of ether oxygens (including phenoxy) is 1. The molecule has 2 aliphatic heterocycles. The van der Waals surface area contributed by atoms with Gasteiger partial charge in [0.2, 0.25) is 0 Å². The monoisotopic (exact) mass is 383 g/mol. The van der Waals surface area contributed by atoms with Gasteiger partial charge in [-0.1, -0.05) is 35.3 Å². The zero-order chi connectivity index (χ0) is 18.1. The molecule has 2 aliphatic rings. The number of nitrogens with one attached hydrogen (secondary N) is 1. The standard InChI is InChI=1S/C17H19Cl2N3O3/c1-21-12-9-22(7-4-8-25-2)16(23)13(12)15(20-17(21)24)10-5-3-6-11(18)14(10)19/h3,5-6,15H,4,7-9H2,1-2H3,(H,20,24)/t15-/m1/s1. The van der Waals surface area contributed by atoms with Crippen LogP contribution in [0.2, 0.25) is 10.0 Å².